The molecule has 0 heterocycles. The molecule has 0 N–H and O–H groups in total. The third kappa shape index (κ3) is 6.00. The first-order chi connectivity index (χ1) is 10.8. The van der Waals surface area contributed by atoms with E-state index in [0.717, 1.165) is 6.42 Å². The third-order valence-corrected chi connectivity index (χ3v) is 11.2. The molecule has 0 saturated heterocycles. The largest absolute Gasteiger partial charge is 4.00 e. The molecule has 1 aliphatic carbocycles. The summed E-state index contributed by atoms with van der Waals surface area (Å²) in [6, 6.07) is 1.36. The van der Waals surface area contributed by atoms with E-state index < -0.39 is 8.07 Å². The van der Waals surface area contributed by atoms with E-state index in [1.807, 2.05) is 0 Å². The van der Waals surface area contributed by atoms with Gasteiger partial charge in [0.1, 0.15) is 0 Å². The second kappa shape index (κ2) is 12.9. The molecule has 0 bridgehead atoms. The zero-order valence-corrected chi connectivity index (χ0v) is 22.9. The smallest absolute Gasteiger partial charge is 1.00 e. The van der Waals surface area contributed by atoms with Gasteiger partial charge in [-0.15, -0.1) is 6.42 Å². The predicted octanol–water partition coefficient (Wildman–Crippen LogP) is -3.06. The number of benzene rings is 1. The van der Waals surface area contributed by atoms with Crippen molar-refractivity contribution in [2.24, 2.45) is 0 Å². The van der Waals surface area contributed by atoms with Crippen LogP contribution in [0.5, 0.6) is 0 Å². The summed E-state index contributed by atoms with van der Waals surface area (Å²) in [5.41, 5.74) is 9.01. The number of rotatable bonds is 5. The molecule has 0 radical (unpaired) electrons. The van der Waals surface area contributed by atoms with Gasteiger partial charge in [-0.25, -0.2) is 5.57 Å². The summed E-state index contributed by atoms with van der Waals surface area (Å²) in [4.78, 5) is 0. The molecular weight excluding hydrogens is 447 g/mol. The van der Waals surface area contributed by atoms with Crippen molar-refractivity contribution < 1.29 is 58.9 Å². The molecule has 1 unspecified atom stereocenters. The molecular formula is C22H33Cl3SiTi. The van der Waals surface area contributed by atoms with Crippen LogP contribution in [0.3, 0.4) is 0 Å². The Morgan fingerprint density at radius 3 is 1.67 bits per heavy atom. The monoisotopic (exact) mass is 478 g/mol. The Balaban J connectivity index is -0.00000144. The fourth-order valence-corrected chi connectivity index (χ4v) is 9.79. The van der Waals surface area contributed by atoms with Crippen LogP contribution in [-0.4, -0.2) is 8.07 Å². The Labute approximate surface area is 202 Å². The maximum Gasteiger partial charge on any atom is 4.00 e. The van der Waals surface area contributed by atoms with Gasteiger partial charge in [-0.1, -0.05) is 44.5 Å². The fourth-order valence-electron chi connectivity index (χ4n) is 4.45. The minimum atomic E-state index is -1.69. The van der Waals surface area contributed by atoms with Gasteiger partial charge in [0.05, 0.1) is 0 Å². The molecule has 0 amide bonds. The van der Waals surface area contributed by atoms with E-state index in [1.54, 1.807) is 21.5 Å². The number of halogens is 3. The van der Waals surface area contributed by atoms with Crippen LogP contribution in [0.15, 0.2) is 16.8 Å². The first kappa shape index (κ1) is 32.2. The quantitative estimate of drug-likeness (QED) is 0.311. The van der Waals surface area contributed by atoms with E-state index in [4.69, 9.17) is 0 Å². The van der Waals surface area contributed by atoms with Crippen molar-refractivity contribution in [2.75, 3.05) is 0 Å². The zero-order chi connectivity index (χ0) is 17.4. The van der Waals surface area contributed by atoms with Gasteiger partial charge in [-0.2, -0.15) is 11.3 Å². The summed E-state index contributed by atoms with van der Waals surface area (Å²) in [6.45, 7) is 18.8. The maximum atomic E-state index is 3.56. The number of allylic oxidation sites excluding steroid dienone is 4. The van der Waals surface area contributed by atoms with Gasteiger partial charge in [0.15, 0.2) is 0 Å². The first-order valence-corrected chi connectivity index (χ1v) is 11.8. The molecule has 5 heteroatoms. The minimum Gasteiger partial charge on any atom is -1.00 e. The van der Waals surface area contributed by atoms with Crippen molar-refractivity contribution in [1.29, 1.82) is 0 Å². The Morgan fingerprint density at radius 1 is 0.852 bits per heavy atom. The molecule has 1 aromatic rings. The Morgan fingerprint density at radius 2 is 1.30 bits per heavy atom. The predicted molar refractivity (Wildman–Crippen MR) is 106 cm³/mol. The number of hydrogen-bond acceptors (Lipinski definition) is 0. The van der Waals surface area contributed by atoms with E-state index in [2.05, 4.69) is 67.2 Å². The van der Waals surface area contributed by atoms with Crippen LogP contribution in [0.1, 0.15) is 60.9 Å². The van der Waals surface area contributed by atoms with Crippen molar-refractivity contribution in [1.82, 2.24) is 0 Å². The van der Waals surface area contributed by atoms with Crippen LogP contribution in [0.25, 0.3) is 0 Å². The number of unbranched alkanes of at least 4 members (excludes halogenated alkanes) is 1. The van der Waals surface area contributed by atoms with E-state index in [0.29, 0.717) is 0 Å². The average Bonchev–Trinajstić information content (AvgIpc) is 2.96. The fraction of sp³-hybridized carbons (Fsp3) is 0.545. The van der Waals surface area contributed by atoms with Crippen LogP contribution in [0.4, 0.5) is 0 Å². The van der Waals surface area contributed by atoms with Gasteiger partial charge >= 0.3 is 21.7 Å². The Bertz CT molecular complexity index is 666. The summed E-state index contributed by atoms with van der Waals surface area (Å²) >= 11 is 0. The molecule has 150 valence electrons. The minimum absolute atomic E-state index is 0. The zero-order valence-electron chi connectivity index (χ0n) is 18.0. The molecule has 0 aliphatic heterocycles. The van der Waals surface area contributed by atoms with Crippen LogP contribution >= 0.6 is 0 Å². The molecule has 2 rings (SSSR count). The molecule has 0 spiro atoms. The average molecular weight is 480 g/mol. The van der Waals surface area contributed by atoms with E-state index in [1.165, 1.54) is 41.1 Å². The van der Waals surface area contributed by atoms with Gasteiger partial charge in [0.25, 0.3) is 0 Å². The second-order valence-corrected chi connectivity index (χ2v) is 11.8. The van der Waals surface area contributed by atoms with Gasteiger partial charge in [-0.05, 0) is 62.4 Å². The van der Waals surface area contributed by atoms with Crippen molar-refractivity contribution in [3.63, 3.8) is 0 Å². The van der Waals surface area contributed by atoms with Crippen molar-refractivity contribution >= 4 is 13.3 Å². The summed E-state index contributed by atoms with van der Waals surface area (Å²) in [7, 11) is -1.69. The van der Waals surface area contributed by atoms with E-state index in [-0.39, 0.29) is 58.9 Å². The molecule has 1 atom stereocenters. The van der Waals surface area contributed by atoms with Gasteiger partial charge < -0.3 is 37.2 Å². The Hall–Kier alpha value is 0.501. The molecule has 0 aromatic heterocycles. The third-order valence-electron chi connectivity index (χ3n) is 6.25. The first-order valence-electron chi connectivity index (χ1n) is 9.11. The van der Waals surface area contributed by atoms with Crippen molar-refractivity contribution in [3.8, 4) is 0 Å². The van der Waals surface area contributed by atoms with Crippen LogP contribution in [-0.2, 0) is 21.7 Å². The van der Waals surface area contributed by atoms with Crippen molar-refractivity contribution in [3.05, 3.63) is 50.7 Å². The molecule has 27 heavy (non-hydrogen) atoms. The molecule has 1 aromatic carbocycles. The summed E-state index contributed by atoms with van der Waals surface area (Å²) < 4.78 is 0. The van der Waals surface area contributed by atoms with Crippen LogP contribution < -0.4 is 42.4 Å². The van der Waals surface area contributed by atoms with Crippen LogP contribution in [0, 0.1) is 40.7 Å². The van der Waals surface area contributed by atoms with E-state index >= 15 is 0 Å². The molecule has 0 fully saturated rings. The van der Waals surface area contributed by atoms with Crippen LogP contribution in [0.2, 0.25) is 12.6 Å². The van der Waals surface area contributed by atoms with E-state index in [9.17, 15) is 0 Å². The van der Waals surface area contributed by atoms with Gasteiger partial charge in [-0.3, -0.25) is 6.08 Å². The normalized spacial score (nSPS) is 14.5. The summed E-state index contributed by atoms with van der Waals surface area (Å²) in [6.07, 6.45) is 9.66. The summed E-state index contributed by atoms with van der Waals surface area (Å²) in [5, 5.41) is 3.36. The second-order valence-electron chi connectivity index (χ2n) is 7.56. The van der Waals surface area contributed by atoms with Crippen molar-refractivity contribution in [2.45, 2.75) is 80.3 Å². The van der Waals surface area contributed by atoms with Gasteiger partial charge in [0.2, 0.25) is 0 Å². The topological polar surface area (TPSA) is 0 Å². The standard InChI is InChI=1S/C22H33Si.3ClH.Ti/c1-9-10-14-23(8,21-13-11-12-15(21)2)22-19(6)17(4)16(3)18(5)20(22)7;;;;/h13H,9-11,14H2,1-8H3;3*1H;/q-1;;;;+4/p-3. The summed E-state index contributed by atoms with van der Waals surface area (Å²) in [5.74, 6) is 0. The Kier molecular flexibility index (Phi) is 15.4. The maximum absolute atomic E-state index is 3.56. The molecule has 0 saturated carbocycles. The SMILES string of the molecule is CCCC[Si](C)(C1=CC[C-]=C1C)c1c(C)c(C)c(C)c(C)c1C.[Cl-].[Cl-].[Cl-].[Ti+4]. The number of hydrogen-bond donors (Lipinski definition) is 0. The van der Waals surface area contributed by atoms with Gasteiger partial charge in [0, 0.05) is 8.07 Å². The molecule has 0 nitrogen and oxygen atoms in total. The molecule has 1 aliphatic rings.